The minimum atomic E-state index is -3.65. The summed E-state index contributed by atoms with van der Waals surface area (Å²) in [5, 5.41) is 4.59. The number of ether oxygens (including phenoxy) is 2. The zero-order valence-corrected chi connectivity index (χ0v) is 18.8. The number of nitrogens with zero attached hydrogens (tertiary/aromatic N) is 1. The lowest BCUT2D eigenvalue weighted by atomic mass is 10.0. The predicted molar refractivity (Wildman–Crippen MR) is 121 cm³/mol. The second kappa shape index (κ2) is 8.60. The molecule has 0 saturated carbocycles. The Morgan fingerprint density at radius 3 is 2.45 bits per heavy atom. The van der Waals surface area contributed by atoms with E-state index in [-0.39, 0.29) is 5.56 Å². The van der Waals surface area contributed by atoms with Gasteiger partial charge in [0.2, 0.25) is 0 Å². The molecule has 1 aliphatic heterocycles. The van der Waals surface area contributed by atoms with Gasteiger partial charge in [-0.3, -0.25) is 9.10 Å². The summed E-state index contributed by atoms with van der Waals surface area (Å²) in [6.07, 6.45) is 1.52. The Bertz CT molecular complexity index is 1180. The molecule has 0 unspecified atom stereocenters. The molecule has 0 bridgehead atoms. The maximum Gasteiger partial charge on any atom is 0.273 e. The molecule has 1 amide bonds. The van der Waals surface area contributed by atoms with Crippen LogP contribution in [0.3, 0.4) is 0 Å². The van der Waals surface area contributed by atoms with Gasteiger partial charge in [-0.15, -0.1) is 11.3 Å². The third kappa shape index (κ3) is 3.98. The second-order valence-corrected chi connectivity index (χ2v) is 9.98. The van der Waals surface area contributed by atoms with E-state index in [1.54, 1.807) is 47.8 Å². The monoisotopic (exact) mass is 458 g/mol. The minimum Gasteiger partial charge on any atom is -0.496 e. The number of hydrogen-bond donors (Lipinski definition) is 1. The third-order valence-electron chi connectivity index (χ3n) is 5.11. The van der Waals surface area contributed by atoms with Gasteiger partial charge in [0, 0.05) is 12.2 Å². The topological polar surface area (TPSA) is 84.9 Å². The van der Waals surface area contributed by atoms with Crippen LogP contribution in [0.25, 0.3) is 0 Å². The van der Waals surface area contributed by atoms with Crippen LogP contribution in [0.1, 0.15) is 22.3 Å². The Labute approximate surface area is 185 Å². The highest BCUT2D eigenvalue weighted by atomic mass is 32.2. The number of carbonyl (C=O) groups excluding carboxylic acids is 1. The lowest BCUT2D eigenvalue weighted by molar-refractivity contribution is 0.102. The molecule has 162 valence electrons. The van der Waals surface area contributed by atoms with E-state index >= 15 is 0 Å². The Balaban J connectivity index is 1.68. The minimum absolute atomic E-state index is 0.272. The molecule has 0 atom stereocenters. The number of nitrogens with one attached hydrogen (secondary N) is 1. The first-order chi connectivity index (χ1) is 15.0. The molecule has 0 saturated heterocycles. The number of carbonyl (C=O) groups is 1. The van der Waals surface area contributed by atoms with Crippen LogP contribution in [0.15, 0.2) is 58.1 Å². The van der Waals surface area contributed by atoms with E-state index in [9.17, 15) is 13.2 Å². The van der Waals surface area contributed by atoms with Crippen molar-refractivity contribution < 1.29 is 22.7 Å². The highest BCUT2D eigenvalue weighted by Gasteiger charge is 2.30. The number of anilines is 2. The summed E-state index contributed by atoms with van der Waals surface area (Å²) in [6, 6.07) is 13.8. The van der Waals surface area contributed by atoms with E-state index < -0.39 is 15.9 Å². The maximum atomic E-state index is 13.1. The van der Waals surface area contributed by atoms with Crippen molar-refractivity contribution in [3.8, 4) is 11.5 Å². The number of sulfonamides is 1. The molecule has 0 aliphatic carbocycles. The first kappa shape index (κ1) is 21.2. The number of amides is 1. The molecule has 2 heterocycles. The molecule has 4 rings (SSSR count). The van der Waals surface area contributed by atoms with Crippen LogP contribution in [-0.2, 0) is 16.4 Å². The van der Waals surface area contributed by atoms with Gasteiger partial charge in [-0.2, -0.15) is 0 Å². The molecule has 1 aromatic heterocycles. The van der Waals surface area contributed by atoms with Crippen molar-refractivity contribution in [2.24, 2.45) is 0 Å². The number of hydrogen-bond acceptors (Lipinski definition) is 6. The van der Waals surface area contributed by atoms with Crippen molar-refractivity contribution in [1.29, 1.82) is 0 Å². The Morgan fingerprint density at radius 1 is 1.06 bits per heavy atom. The Kier molecular flexibility index (Phi) is 5.88. The highest BCUT2D eigenvalue weighted by Crippen LogP contribution is 2.36. The van der Waals surface area contributed by atoms with Crippen LogP contribution in [0, 0.1) is 0 Å². The quantitative estimate of drug-likeness (QED) is 0.600. The van der Waals surface area contributed by atoms with Crippen molar-refractivity contribution >= 4 is 38.6 Å². The van der Waals surface area contributed by atoms with E-state index in [0.29, 0.717) is 33.6 Å². The molecule has 0 fully saturated rings. The van der Waals surface area contributed by atoms with E-state index in [0.717, 1.165) is 18.4 Å². The fourth-order valence-electron chi connectivity index (χ4n) is 3.66. The maximum absolute atomic E-state index is 13.1. The van der Waals surface area contributed by atoms with Gasteiger partial charge in [-0.05, 0) is 54.1 Å². The molecule has 0 spiro atoms. The van der Waals surface area contributed by atoms with Gasteiger partial charge in [0.25, 0.3) is 15.9 Å². The zero-order chi connectivity index (χ0) is 22.0. The van der Waals surface area contributed by atoms with Crippen LogP contribution in [-0.4, -0.2) is 35.1 Å². The van der Waals surface area contributed by atoms with Crippen LogP contribution in [0.2, 0.25) is 0 Å². The van der Waals surface area contributed by atoms with Crippen molar-refractivity contribution in [1.82, 2.24) is 0 Å². The standard InChI is InChI=1S/C22H22N2O5S2/c1-28-18-7-3-8-19(29-2)21(18)22(25)23-16-11-10-15-6-4-12-24(17(15)14-16)31(26,27)20-9-5-13-30-20/h3,5,7-11,13-14H,4,6,12H2,1-2H3,(H,23,25). The molecular weight excluding hydrogens is 436 g/mol. The summed E-state index contributed by atoms with van der Waals surface area (Å²) >= 11 is 1.19. The average Bonchev–Trinajstić information content (AvgIpc) is 3.34. The second-order valence-electron chi connectivity index (χ2n) is 6.95. The molecule has 3 aromatic rings. The van der Waals surface area contributed by atoms with E-state index in [2.05, 4.69) is 5.32 Å². The molecule has 1 aliphatic rings. The lowest BCUT2D eigenvalue weighted by Crippen LogP contribution is -2.35. The average molecular weight is 459 g/mol. The third-order valence-corrected chi connectivity index (χ3v) is 8.30. The number of rotatable bonds is 6. The largest absolute Gasteiger partial charge is 0.496 e. The summed E-state index contributed by atoms with van der Waals surface area (Å²) < 4.78 is 38.7. The van der Waals surface area contributed by atoms with Crippen molar-refractivity contribution in [2.45, 2.75) is 17.1 Å². The summed E-state index contributed by atoms with van der Waals surface area (Å²) in [5.74, 6) is 0.367. The molecule has 7 nitrogen and oxygen atoms in total. The molecule has 0 radical (unpaired) electrons. The van der Waals surface area contributed by atoms with Crippen LogP contribution in [0.5, 0.6) is 11.5 Å². The number of thiophene rings is 1. The normalized spacial score (nSPS) is 13.4. The lowest BCUT2D eigenvalue weighted by Gasteiger charge is -2.30. The zero-order valence-electron chi connectivity index (χ0n) is 17.1. The number of fused-ring (bicyclic) bond motifs is 1. The van der Waals surface area contributed by atoms with Gasteiger partial charge in [0.05, 0.1) is 19.9 Å². The van der Waals surface area contributed by atoms with Gasteiger partial charge in [-0.25, -0.2) is 8.42 Å². The highest BCUT2D eigenvalue weighted by molar-refractivity contribution is 7.94. The molecule has 31 heavy (non-hydrogen) atoms. The van der Waals surface area contributed by atoms with Crippen LogP contribution >= 0.6 is 11.3 Å². The number of benzene rings is 2. The van der Waals surface area contributed by atoms with Gasteiger partial charge in [-0.1, -0.05) is 18.2 Å². The summed E-state index contributed by atoms with van der Waals surface area (Å²) in [7, 11) is -0.684. The van der Waals surface area contributed by atoms with Crippen molar-refractivity contribution in [3.63, 3.8) is 0 Å². The summed E-state index contributed by atoms with van der Waals surface area (Å²) in [4.78, 5) is 13.0. The van der Waals surface area contributed by atoms with Gasteiger partial charge < -0.3 is 14.8 Å². The summed E-state index contributed by atoms with van der Waals surface area (Å²) in [6.45, 7) is 0.394. The first-order valence-electron chi connectivity index (χ1n) is 9.67. The van der Waals surface area contributed by atoms with Gasteiger partial charge >= 0.3 is 0 Å². The molecule has 2 aromatic carbocycles. The molecular formula is C22H22N2O5S2. The number of aryl methyl sites for hydroxylation is 1. The molecule has 1 N–H and O–H groups in total. The predicted octanol–water partition coefficient (Wildman–Crippen LogP) is 4.16. The SMILES string of the molecule is COc1cccc(OC)c1C(=O)Nc1ccc2c(c1)N(S(=O)(=O)c1cccs1)CCC2. The Morgan fingerprint density at radius 2 is 1.81 bits per heavy atom. The van der Waals surface area contributed by atoms with Crippen LogP contribution < -0.4 is 19.1 Å². The van der Waals surface area contributed by atoms with Crippen molar-refractivity contribution in [3.05, 3.63) is 65.0 Å². The van der Waals surface area contributed by atoms with Gasteiger partial charge in [0.1, 0.15) is 21.3 Å². The summed E-state index contributed by atoms with van der Waals surface area (Å²) in [5.41, 5.74) is 2.28. The van der Waals surface area contributed by atoms with E-state index in [4.69, 9.17) is 9.47 Å². The van der Waals surface area contributed by atoms with Gasteiger partial charge in [0.15, 0.2) is 0 Å². The fourth-order valence-corrected chi connectivity index (χ4v) is 6.29. The fraction of sp³-hybridized carbons (Fsp3) is 0.227. The number of methoxy groups -OCH3 is 2. The van der Waals surface area contributed by atoms with E-state index in [1.165, 1.54) is 29.9 Å². The molecule has 9 heteroatoms. The van der Waals surface area contributed by atoms with Crippen LogP contribution in [0.4, 0.5) is 11.4 Å². The first-order valence-corrected chi connectivity index (χ1v) is 12.0. The Hall–Kier alpha value is -3.04. The smallest absolute Gasteiger partial charge is 0.273 e. The van der Waals surface area contributed by atoms with Crippen molar-refractivity contribution in [2.75, 3.05) is 30.4 Å². The van der Waals surface area contributed by atoms with E-state index in [1.807, 2.05) is 6.07 Å².